The molecule has 0 heterocycles. The number of hydrogen-bond donors (Lipinski definition) is 3. The van der Waals surface area contributed by atoms with Gasteiger partial charge in [0.1, 0.15) is 10.6 Å². The summed E-state index contributed by atoms with van der Waals surface area (Å²) in [5.74, 6) is -0.843. The first kappa shape index (κ1) is 26.4. The normalized spacial score (nSPS) is 12.6. The van der Waals surface area contributed by atoms with Crippen molar-refractivity contribution in [1.82, 2.24) is 0 Å². The number of benzene rings is 3. The molecule has 0 atom stereocenters. The SMILES string of the molecule is O=S(=O)(O)OCCS(=O)(=O)c1ccc(S(=O)(=O)O)c(N=Nc2ccc(Nc3ccccc3)cc2)c1. The summed E-state index contributed by atoms with van der Waals surface area (Å²) in [6.07, 6.45) is 0. The molecule has 0 bridgehead atoms. The second-order valence-corrected chi connectivity index (χ2v) is 11.5. The van der Waals surface area contributed by atoms with Crippen LogP contribution in [0.3, 0.4) is 0 Å². The molecule has 0 aromatic heterocycles. The zero-order chi connectivity index (χ0) is 25.7. The second kappa shape index (κ2) is 10.6. The van der Waals surface area contributed by atoms with Gasteiger partial charge >= 0.3 is 10.4 Å². The Kier molecular flexibility index (Phi) is 7.99. The highest BCUT2D eigenvalue weighted by molar-refractivity contribution is 7.91. The Morgan fingerprint density at radius 3 is 2.00 bits per heavy atom. The predicted octanol–water partition coefficient (Wildman–Crippen LogP) is 3.69. The van der Waals surface area contributed by atoms with Crippen molar-refractivity contribution < 1.29 is 38.5 Å². The highest BCUT2D eigenvalue weighted by Crippen LogP contribution is 2.30. The van der Waals surface area contributed by atoms with E-state index in [-0.39, 0.29) is 0 Å². The van der Waals surface area contributed by atoms with E-state index in [0.29, 0.717) is 5.69 Å². The minimum absolute atomic E-state index is 0.305. The summed E-state index contributed by atoms with van der Waals surface area (Å²) in [7, 11) is -13.8. The standard InChI is InChI=1S/C20H19N3O9S3/c24-33(25,13-12-32-35(29,30)31)18-10-11-20(34(26,27)28)19(14-18)23-22-17-8-6-16(7-9-17)21-15-4-2-1-3-5-15/h1-11,14,21H,12-13H2,(H,26,27,28)(H,29,30,31). The molecule has 0 aliphatic heterocycles. The van der Waals surface area contributed by atoms with Crippen molar-refractivity contribution in [2.24, 2.45) is 10.2 Å². The van der Waals surface area contributed by atoms with Crippen LogP contribution in [0.1, 0.15) is 0 Å². The molecule has 3 aromatic carbocycles. The molecule has 15 heteroatoms. The van der Waals surface area contributed by atoms with Gasteiger partial charge in [0, 0.05) is 11.4 Å². The van der Waals surface area contributed by atoms with Gasteiger partial charge in [0.15, 0.2) is 9.84 Å². The highest BCUT2D eigenvalue weighted by atomic mass is 32.3. The summed E-state index contributed by atoms with van der Waals surface area (Å²) in [5, 5.41) is 10.9. The molecule has 186 valence electrons. The first-order valence-electron chi connectivity index (χ1n) is 9.63. The Labute approximate surface area is 201 Å². The third-order valence-corrected chi connectivity index (χ3v) is 7.40. The van der Waals surface area contributed by atoms with Gasteiger partial charge in [0.25, 0.3) is 10.1 Å². The molecule has 0 unspecified atom stereocenters. The molecular formula is C20H19N3O9S3. The number of nitrogens with zero attached hydrogens (tertiary/aromatic N) is 2. The van der Waals surface area contributed by atoms with E-state index in [1.807, 2.05) is 30.3 Å². The summed E-state index contributed by atoms with van der Waals surface area (Å²) in [4.78, 5) is -1.11. The maximum absolute atomic E-state index is 12.4. The van der Waals surface area contributed by atoms with Crippen LogP contribution in [0, 0.1) is 0 Å². The molecule has 3 rings (SSSR count). The van der Waals surface area contributed by atoms with E-state index in [9.17, 15) is 29.8 Å². The average Bonchev–Trinajstić information content (AvgIpc) is 2.77. The molecule has 35 heavy (non-hydrogen) atoms. The van der Waals surface area contributed by atoms with E-state index in [1.165, 1.54) is 0 Å². The van der Waals surface area contributed by atoms with Crippen LogP contribution >= 0.6 is 0 Å². The second-order valence-electron chi connectivity index (χ2n) is 6.91. The van der Waals surface area contributed by atoms with Crippen molar-refractivity contribution in [2.75, 3.05) is 17.7 Å². The fraction of sp³-hybridized carbons (Fsp3) is 0.100. The summed E-state index contributed by atoms with van der Waals surface area (Å²) in [6, 6.07) is 18.5. The number of para-hydroxylation sites is 1. The van der Waals surface area contributed by atoms with Gasteiger partial charge in [0.2, 0.25) is 0 Å². The number of sulfone groups is 1. The van der Waals surface area contributed by atoms with E-state index >= 15 is 0 Å². The maximum atomic E-state index is 12.4. The molecule has 0 saturated heterocycles. The molecule has 3 N–H and O–H groups in total. The fourth-order valence-electron chi connectivity index (χ4n) is 2.76. The van der Waals surface area contributed by atoms with Gasteiger partial charge in [-0.3, -0.25) is 9.11 Å². The van der Waals surface area contributed by atoms with Gasteiger partial charge < -0.3 is 5.32 Å². The van der Waals surface area contributed by atoms with E-state index in [1.54, 1.807) is 24.3 Å². The third kappa shape index (κ3) is 7.91. The predicted molar refractivity (Wildman–Crippen MR) is 126 cm³/mol. The van der Waals surface area contributed by atoms with Crippen molar-refractivity contribution in [1.29, 1.82) is 0 Å². The average molecular weight is 542 g/mol. The number of hydrogen-bond acceptors (Lipinski definition) is 10. The van der Waals surface area contributed by atoms with Gasteiger partial charge in [-0.25, -0.2) is 12.6 Å². The van der Waals surface area contributed by atoms with Crippen LogP contribution in [-0.2, 0) is 34.5 Å². The Morgan fingerprint density at radius 2 is 1.40 bits per heavy atom. The molecule has 3 aromatic rings. The molecular weight excluding hydrogens is 522 g/mol. The largest absolute Gasteiger partial charge is 0.397 e. The van der Waals surface area contributed by atoms with Crippen LogP contribution in [0.25, 0.3) is 0 Å². The Hall–Kier alpha value is -3.21. The molecule has 0 fully saturated rings. The first-order valence-corrected chi connectivity index (χ1v) is 14.1. The Balaban J connectivity index is 1.85. The van der Waals surface area contributed by atoms with Crippen molar-refractivity contribution >= 4 is 53.1 Å². The lowest BCUT2D eigenvalue weighted by Gasteiger charge is -2.08. The summed E-state index contributed by atoms with van der Waals surface area (Å²) >= 11 is 0. The van der Waals surface area contributed by atoms with E-state index in [2.05, 4.69) is 19.7 Å². The molecule has 0 saturated carbocycles. The molecule has 12 nitrogen and oxygen atoms in total. The summed E-state index contributed by atoms with van der Waals surface area (Å²) in [6.45, 7) is -0.874. The minimum Gasteiger partial charge on any atom is -0.356 e. The van der Waals surface area contributed by atoms with Gasteiger partial charge in [-0.05, 0) is 54.6 Å². The van der Waals surface area contributed by atoms with Gasteiger partial charge in [0.05, 0.1) is 22.9 Å². The summed E-state index contributed by atoms with van der Waals surface area (Å²) in [5.41, 5.74) is 1.45. The lowest BCUT2D eigenvalue weighted by atomic mass is 10.2. The molecule has 0 radical (unpaired) electrons. The van der Waals surface area contributed by atoms with Crippen molar-refractivity contribution in [2.45, 2.75) is 9.79 Å². The summed E-state index contributed by atoms with van der Waals surface area (Å²) < 4.78 is 91.6. The van der Waals surface area contributed by atoms with Gasteiger partial charge in [-0.2, -0.15) is 21.9 Å². The smallest absolute Gasteiger partial charge is 0.356 e. The van der Waals surface area contributed by atoms with Crippen LogP contribution in [0.4, 0.5) is 22.7 Å². The highest BCUT2D eigenvalue weighted by Gasteiger charge is 2.22. The van der Waals surface area contributed by atoms with Crippen LogP contribution in [0.2, 0.25) is 0 Å². The minimum atomic E-state index is -4.84. The Bertz CT molecular complexity index is 1540. The number of nitrogens with one attached hydrogen (secondary N) is 1. The van der Waals surface area contributed by atoms with Crippen molar-refractivity contribution in [3.63, 3.8) is 0 Å². The lowest BCUT2D eigenvalue weighted by Crippen LogP contribution is -2.15. The number of rotatable bonds is 10. The van der Waals surface area contributed by atoms with Crippen molar-refractivity contribution in [3.05, 3.63) is 72.8 Å². The topological polar surface area (TPSA) is 189 Å². The van der Waals surface area contributed by atoms with Gasteiger partial charge in [-0.15, -0.1) is 5.11 Å². The van der Waals surface area contributed by atoms with E-state index in [4.69, 9.17) is 4.55 Å². The van der Waals surface area contributed by atoms with Crippen LogP contribution in [-0.4, -0.2) is 46.7 Å². The maximum Gasteiger partial charge on any atom is 0.397 e. The van der Waals surface area contributed by atoms with Gasteiger partial charge in [-0.1, -0.05) is 18.2 Å². The number of anilines is 2. The molecule has 0 aliphatic carbocycles. The third-order valence-electron chi connectivity index (χ3n) is 4.35. The first-order chi connectivity index (χ1) is 16.3. The Morgan fingerprint density at radius 1 is 0.771 bits per heavy atom. The molecule has 0 aliphatic rings. The lowest BCUT2D eigenvalue weighted by molar-refractivity contribution is 0.284. The molecule has 0 amide bonds. The van der Waals surface area contributed by atoms with E-state index in [0.717, 1.165) is 29.6 Å². The van der Waals surface area contributed by atoms with Crippen LogP contribution < -0.4 is 5.32 Å². The monoisotopic (exact) mass is 541 g/mol. The zero-order valence-corrected chi connectivity index (χ0v) is 20.2. The van der Waals surface area contributed by atoms with Crippen LogP contribution in [0.15, 0.2) is 92.8 Å². The van der Waals surface area contributed by atoms with Crippen molar-refractivity contribution in [3.8, 4) is 0 Å². The fourth-order valence-corrected chi connectivity index (χ4v) is 4.87. The zero-order valence-electron chi connectivity index (χ0n) is 17.7. The number of azo groups is 1. The molecule has 0 spiro atoms. The van der Waals surface area contributed by atoms with E-state index < -0.39 is 58.2 Å². The van der Waals surface area contributed by atoms with Crippen LogP contribution in [0.5, 0.6) is 0 Å². The quantitative estimate of drug-likeness (QED) is 0.252.